The number of sulfone groups is 1. The van der Waals surface area contributed by atoms with Gasteiger partial charge in [-0.1, -0.05) is 30.0 Å². The van der Waals surface area contributed by atoms with Crippen molar-refractivity contribution in [2.75, 3.05) is 30.6 Å². The van der Waals surface area contributed by atoms with Crippen LogP contribution in [0.5, 0.6) is 11.5 Å². The number of amides is 1. The molecule has 2 aliphatic rings. The van der Waals surface area contributed by atoms with E-state index in [9.17, 15) is 17.6 Å². The summed E-state index contributed by atoms with van der Waals surface area (Å²) in [4.78, 5) is 18.5. The molecule has 2 heterocycles. The Morgan fingerprint density at radius 2 is 1.90 bits per heavy atom. The lowest BCUT2D eigenvalue weighted by Gasteiger charge is -2.24. The Balaban J connectivity index is 1.63. The Hall–Kier alpha value is -2.59. The number of hydrogen-bond acceptors (Lipinski definition) is 6. The molecule has 10 heteroatoms. The molecule has 31 heavy (non-hydrogen) atoms. The Kier molecular flexibility index (Phi) is 5.94. The van der Waals surface area contributed by atoms with Gasteiger partial charge in [0.1, 0.15) is 5.82 Å². The van der Waals surface area contributed by atoms with Crippen LogP contribution in [-0.4, -0.2) is 56.5 Å². The number of fused-ring (bicyclic) bond motifs is 1. The van der Waals surface area contributed by atoms with Crippen LogP contribution in [0.15, 0.2) is 47.5 Å². The van der Waals surface area contributed by atoms with Crippen molar-refractivity contribution in [2.24, 2.45) is 4.99 Å². The molecule has 0 radical (unpaired) electrons. The average molecular weight is 465 g/mol. The predicted molar refractivity (Wildman–Crippen MR) is 118 cm³/mol. The number of carbonyl (C=O) groups is 1. The largest absolute Gasteiger partial charge is 0.493 e. The van der Waals surface area contributed by atoms with Crippen LogP contribution in [0.1, 0.15) is 5.56 Å². The molecule has 2 fully saturated rings. The van der Waals surface area contributed by atoms with Crippen LogP contribution in [0.25, 0.3) is 0 Å². The van der Waals surface area contributed by atoms with Crippen molar-refractivity contribution in [1.29, 1.82) is 0 Å². The lowest BCUT2D eigenvalue weighted by molar-refractivity contribution is -0.117. The van der Waals surface area contributed by atoms with Crippen molar-refractivity contribution in [3.8, 4) is 11.5 Å². The maximum absolute atomic E-state index is 14.5. The first-order valence-electron chi connectivity index (χ1n) is 9.54. The van der Waals surface area contributed by atoms with Gasteiger partial charge >= 0.3 is 0 Å². The molecule has 4 rings (SSSR count). The molecule has 2 aliphatic heterocycles. The number of para-hydroxylation sites is 1. The molecule has 0 spiro atoms. The van der Waals surface area contributed by atoms with Crippen molar-refractivity contribution in [1.82, 2.24) is 0 Å². The second-order valence-electron chi connectivity index (χ2n) is 7.28. The summed E-state index contributed by atoms with van der Waals surface area (Å²) in [6, 6.07) is 10.8. The Bertz CT molecular complexity index is 1150. The quantitative estimate of drug-likeness (QED) is 0.673. The summed E-state index contributed by atoms with van der Waals surface area (Å²) in [5, 5.41) is 0.0257. The molecule has 0 bridgehead atoms. The fraction of sp³-hybridized carbons (Fsp3) is 0.333. The summed E-state index contributed by atoms with van der Waals surface area (Å²) in [6.45, 7) is 0. The van der Waals surface area contributed by atoms with Gasteiger partial charge in [0.2, 0.25) is 0 Å². The average Bonchev–Trinajstić information content (AvgIpc) is 3.19. The van der Waals surface area contributed by atoms with Crippen LogP contribution in [0.2, 0.25) is 0 Å². The Morgan fingerprint density at radius 3 is 2.61 bits per heavy atom. The monoisotopic (exact) mass is 464 g/mol. The highest BCUT2D eigenvalue weighted by Crippen LogP contribution is 2.41. The third-order valence-corrected chi connectivity index (χ3v) is 8.41. The van der Waals surface area contributed by atoms with E-state index in [0.29, 0.717) is 22.2 Å². The number of ether oxygens (including phenoxy) is 2. The topological polar surface area (TPSA) is 85.3 Å². The van der Waals surface area contributed by atoms with E-state index in [1.54, 1.807) is 41.3 Å². The second kappa shape index (κ2) is 8.51. The van der Waals surface area contributed by atoms with Gasteiger partial charge in [-0.25, -0.2) is 12.8 Å². The number of aliphatic imine (C=N–C) groups is 1. The van der Waals surface area contributed by atoms with E-state index in [1.165, 1.54) is 32.0 Å². The molecule has 2 aromatic rings. The zero-order chi connectivity index (χ0) is 22.2. The fourth-order valence-electron chi connectivity index (χ4n) is 3.80. The van der Waals surface area contributed by atoms with E-state index in [-0.39, 0.29) is 28.9 Å². The number of anilines is 1. The Labute approximate surface area is 184 Å². The SMILES string of the molecule is COc1ccc(CC(=O)N=C2S[C@@H]3CS(=O)(=O)C[C@@H]3N2c2ccccc2F)cc1OC. The van der Waals surface area contributed by atoms with Gasteiger partial charge in [0.15, 0.2) is 26.5 Å². The number of carbonyl (C=O) groups excluding carboxylic acids is 1. The molecule has 0 saturated carbocycles. The van der Waals surface area contributed by atoms with Gasteiger partial charge in [-0.15, -0.1) is 0 Å². The highest BCUT2D eigenvalue weighted by atomic mass is 32.2. The number of methoxy groups -OCH3 is 2. The molecule has 0 aliphatic carbocycles. The lowest BCUT2D eigenvalue weighted by Crippen LogP contribution is -2.38. The van der Waals surface area contributed by atoms with Gasteiger partial charge in [-0.2, -0.15) is 4.99 Å². The van der Waals surface area contributed by atoms with Gasteiger partial charge in [0.05, 0.1) is 43.9 Å². The Morgan fingerprint density at radius 1 is 1.16 bits per heavy atom. The molecule has 0 unspecified atom stereocenters. The third-order valence-electron chi connectivity index (χ3n) is 5.20. The van der Waals surface area contributed by atoms with Crippen molar-refractivity contribution >= 4 is 38.4 Å². The zero-order valence-electron chi connectivity index (χ0n) is 16.9. The van der Waals surface area contributed by atoms with Gasteiger partial charge in [-0.05, 0) is 29.8 Å². The third kappa shape index (κ3) is 4.40. The maximum Gasteiger partial charge on any atom is 0.252 e. The molecular formula is C21H21FN2O5S2. The summed E-state index contributed by atoms with van der Waals surface area (Å²) >= 11 is 1.21. The van der Waals surface area contributed by atoms with Crippen molar-refractivity contribution in [3.05, 3.63) is 53.8 Å². The fourth-order valence-corrected chi connectivity index (χ4v) is 7.73. The number of hydrogen-bond donors (Lipinski definition) is 0. The maximum atomic E-state index is 14.5. The van der Waals surface area contributed by atoms with E-state index in [1.807, 2.05) is 0 Å². The molecule has 7 nitrogen and oxygen atoms in total. The van der Waals surface area contributed by atoms with Crippen LogP contribution in [0, 0.1) is 5.82 Å². The minimum Gasteiger partial charge on any atom is -0.493 e. The second-order valence-corrected chi connectivity index (χ2v) is 10.6. The molecule has 0 N–H and O–H groups in total. The van der Waals surface area contributed by atoms with Gasteiger partial charge in [-0.3, -0.25) is 4.79 Å². The standard InChI is InChI=1S/C21H21FN2O5S2/c1-28-17-8-7-13(9-18(17)29-2)10-20(25)23-21-24(15-6-4-3-5-14(15)22)16-11-31(26,27)12-19(16)30-21/h3-9,16,19H,10-12H2,1-2H3/t16-,19+/m0/s1. The van der Waals surface area contributed by atoms with E-state index in [4.69, 9.17) is 9.47 Å². The molecule has 2 aromatic carbocycles. The summed E-state index contributed by atoms with van der Waals surface area (Å²) in [5.41, 5.74) is 0.910. The van der Waals surface area contributed by atoms with E-state index >= 15 is 0 Å². The number of benzene rings is 2. The van der Waals surface area contributed by atoms with Crippen molar-refractivity contribution in [3.63, 3.8) is 0 Å². The highest BCUT2D eigenvalue weighted by molar-refractivity contribution is 8.16. The van der Waals surface area contributed by atoms with Crippen LogP contribution in [0.3, 0.4) is 0 Å². The summed E-state index contributed by atoms with van der Waals surface area (Å²) in [7, 11) is -0.185. The number of rotatable bonds is 5. The number of amidine groups is 1. The summed E-state index contributed by atoms with van der Waals surface area (Å²) in [6.07, 6.45) is 0.0170. The number of halogens is 1. The van der Waals surface area contributed by atoms with E-state index in [2.05, 4.69) is 4.99 Å². The van der Waals surface area contributed by atoms with Crippen LogP contribution in [-0.2, 0) is 21.1 Å². The molecule has 0 aromatic heterocycles. The number of nitrogens with zero attached hydrogens (tertiary/aromatic N) is 2. The molecule has 1 amide bonds. The first-order chi connectivity index (χ1) is 14.8. The van der Waals surface area contributed by atoms with Crippen LogP contribution in [0.4, 0.5) is 10.1 Å². The lowest BCUT2D eigenvalue weighted by atomic mass is 10.1. The minimum absolute atomic E-state index is 0.0170. The number of thioether (sulfide) groups is 1. The van der Waals surface area contributed by atoms with Crippen molar-refractivity contribution < 1.29 is 27.1 Å². The van der Waals surface area contributed by atoms with E-state index in [0.717, 1.165) is 0 Å². The zero-order valence-corrected chi connectivity index (χ0v) is 18.6. The molecular weight excluding hydrogens is 443 g/mol. The van der Waals surface area contributed by atoms with Crippen molar-refractivity contribution in [2.45, 2.75) is 17.7 Å². The summed E-state index contributed by atoms with van der Waals surface area (Å²) < 4.78 is 49.3. The van der Waals surface area contributed by atoms with Gasteiger partial charge in [0, 0.05) is 5.25 Å². The summed E-state index contributed by atoms with van der Waals surface area (Å²) in [5.74, 6) is 0.0319. The highest BCUT2D eigenvalue weighted by Gasteiger charge is 2.49. The molecule has 2 atom stereocenters. The minimum atomic E-state index is -3.22. The molecule has 2 saturated heterocycles. The van der Waals surface area contributed by atoms with E-state index < -0.39 is 27.6 Å². The predicted octanol–water partition coefficient (Wildman–Crippen LogP) is 2.69. The normalized spacial score (nSPS) is 23.1. The van der Waals surface area contributed by atoms with Gasteiger partial charge in [0.25, 0.3) is 5.91 Å². The smallest absolute Gasteiger partial charge is 0.252 e. The first-order valence-corrected chi connectivity index (χ1v) is 12.2. The van der Waals surface area contributed by atoms with Crippen LogP contribution >= 0.6 is 11.8 Å². The first kappa shape index (κ1) is 21.6. The molecule has 164 valence electrons. The van der Waals surface area contributed by atoms with Gasteiger partial charge < -0.3 is 14.4 Å². The van der Waals surface area contributed by atoms with Crippen LogP contribution < -0.4 is 14.4 Å².